The molecule has 5 rings (SSSR count). The quantitative estimate of drug-likeness (QED) is 0.204. The summed E-state index contributed by atoms with van der Waals surface area (Å²) in [6.07, 6.45) is 6.16. The molecular formula is C31H36ClIO6. The van der Waals surface area contributed by atoms with Crippen molar-refractivity contribution in [3.8, 4) is 0 Å². The van der Waals surface area contributed by atoms with Gasteiger partial charge in [-0.05, 0) is 103 Å². The lowest BCUT2D eigenvalue weighted by molar-refractivity contribution is -0.169. The highest BCUT2D eigenvalue weighted by Gasteiger charge is 2.72. The van der Waals surface area contributed by atoms with Gasteiger partial charge in [0.1, 0.15) is 0 Å². The zero-order chi connectivity index (χ0) is 28.4. The van der Waals surface area contributed by atoms with Crippen LogP contribution in [0.2, 0.25) is 0 Å². The number of ketones is 2. The maximum Gasteiger partial charge on any atom is 0.339 e. The minimum atomic E-state index is -1.42. The first-order valence-electron chi connectivity index (χ1n) is 13.9. The fourth-order valence-corrected chi connectivity index (χ4v) is 9.72. The van der Waals surface area contributed by atoms with E-state index in [0.717, 1.165) is 22.0 Å². The molecule has 0 spiro atoms. The zero-order valence-corrected chi connectivity index (χ0v) is 25.9. The smallest absolute Gasteiger partial charge is 0.339 e. The number of hydrogen-bond acceptors (Lipinski definition) is 6. The second kappa shape index (κ2) is 9.97. The lowest BCUT2D eigenvalue weighted by Gasteiger charge is -2.64. The van der Waals surface area contributed by atoms with Crippen molar-refractivity contribution >= 4 is 57.7 Å². The summed E-state index contributed by atoms with van der Waals surface area (Å²) in [6.45, 7) is 7.29. The van der Waals surface area contributed by atoms with Crippen LogP contribution in [0.4, 0.5) is 0 Å². The van der Waals surface area contributed by atoms with Crippen LogP contribution in [0, 0.1) is 32.2 Å². The normalized spacial score (nSPS) is 39.1. The largest absolute Gasteiger partial charge is 0.458 e. The molecule has 3 saturated carbocycles. The summed E-state index contributed by atoms with van der Waals surface area (Å²) in [5.41, 5.74) is -0.860. The maximum atomic E-state index is 14.0. The van der Waals surface area contributed by atoms with E-state index in [4.69, 9.17) is 21.1 Å². The van der Waals surface area contributed by atoms with Gasteiger partial charge in [0, 0.05) is 27.7 Å². The van der Waals surface area contributed by atoms with Crippen molar-refractivity contribution in [2.45, 2.75) is 83.1 Å². The number of rotatable bonds is 5. The monoisotopic (exact) mass is 666 g/mol. The number of hydrogen-bond donors (Lipinski definition) is 0. The molecule has 1 aromatic carbocycles. The minimum absolute atomic E-state index is 0.0344. The fourth-order valence-electron chi connectivity index (χ4n) is 8.64. The second-order valence-electron chi connectivity index (χ2n) is 12.5. The SMILES string of the molecule is CC(=O)OCC(=O)[C@@]1(OC(=O)c2cccc(I)c2)CC[C@H]2[C@@H]3C[C@H](C)C4=CC(=O)CC[C@]4(C)[C@@]3(Cl)CC[C@@]21C. The number of Topliss-reactive ketones (excluding diaryl/α,β-unsaturated/α-hetero) is 1. The molecule has 4 aliphatic rings. The molecule has 39 heavy (non-hydrogen) atoms. The van der Waals surface area contributed by atoms with E-state index in [2.05, 4.69) is 43.4 Å². The summed E-state index contributed by atoms with van der Waals surface area (Å²) in [5, 5.41) is 0. The van der Waals surface area contributed by atoms with Gasteiger partial charge in [0.2, 0.25) is 5.78 Å². The summed E-state index contributed by atoms with van der Waals surface area (Å²) in [6, 6.07) is 7.11. The molecule has 0 saturated heterocycles. The van der Waals surface area contributed by atoms with Gasteiger partial charge >= 0.3 is 11.9 Å². The third-order valence-electron chi connectivity index (χ3n) is 10.7. The number of fused-ring (bicyclic) bond motifs is 5. The fraction of sp³-hybridized carbons (Fsp3) is 0.613. The van der Waals surface area contributed by atoms with Crippen LogP contribution < -0.4 is 0 Å². The first-order valence-corrected chi connectivity index (χ1v) is 15.3. The Hall–Kier alpha value is -1.74. The predicted octanol–water partition coefficient (Wildman–Crippen LogP) is 6.46. The Morgan fingerprint density at radius 1 is 1.10 bits per heavy atom. The van der Waals surface area contributed by atoms with Crippen molar-refractivity contribution < 1.29 is 28.7 Å². The molecule has 0 aliphatic heterocycles. The van der Waals surface area contributed by atoms with E-state index in [-0.39, 0.29) is 34.7 Å². The van der Waals surface area contributed by atoms with Crippen LogP contribution in [0.3, 0.4) is 0 Å². The van der Waals surface area contributed by atoms with E-state index >= 15 is 0 Å². The summed E-state index contributed by atoms with van der Waals surface area (Å²) in [4.78, 5) is 51.0. The second-order valence-corrected chi connectivity index (χ2v) is 14.4. The van der Waals surface area contributed by atoms with Gasteiger partial charge in [-0.25, -0.2) is 4.79 Å². The number of alkyl halides is 1. The van der Waals surface area contributed by atoms with E-state index in [1.807, 2.05) is 12.1 Å². The number of esters is 2. The lowest BCUT2D eigenvalue weighted by Crippen LogP contribution is -2.65. The molecule has 1 aromatic rings. The van der Waals surface area contributed by atoms with Gasteiger partial charge in [-0.15, -0.1) is 11.6 Å². The zero-order valence-electron chi connectivity index (χ0n) is 23.0. The molecule has 0 heterocycles. The Morgan fingerprint density at radius 3 is 2.54 bits per heavy atom. The molecule has 3 fully saturated rings. The Kier molecular flexibility index (Phi) is 7.35. The van der Waals surface area contributed by atoms with Crippen LogP contribution in [0.25, 0.3) is 0 Å². The van der Waals surface area contributed by atoms with E-state index in [0.29, 0.717) is 37.7 Å². The van der Waals surface area contributed by atoms with Gasteiger partial charge in [0.25, 0.3) is 0 Å². The van der Waals surface area contributed by atoms with E-state index < -0.39 is 34.4 Å². The standard InChI is InChI=1S/C31H36ClIO6/c1-18-14-25-23-9-11-31(26(36)17-38-19(2)34,39-27(37)20-6-5-7-21(33)15-20)29(23,4)12-13-30(25,32)28(3)10-8-22(35)16-24(18)28/h5-7,15-16,18,23,25H,8-14,17H2,1-4H3/t18-,23-,25-,28-,29-,30+,31-/m0/s1. The highest BCUT2D eigenvalue weighted by atomic mass is 127. The number of carbonyl (C=O) groups is 4. The van der Waals surface area contributed by atoms with Crippen molar-refractivity contribution in [1.82, 2.24) is 0 Å². The van der Waals surface area contributed by atoms with Crippen molar-refractivity contribution in [2.75, 3.05) is 6.61 Å². The molecule has 0 amide bonds. The molecule has 0 radical (unpaired) electrons. The molecule has 8 heteroatoms. The van der Waals surface area contributed by atoms with Crippen molar-refractivity contribution in [2.24, 2.45) is 28.6 Å². The average Bonchev–Trinajstić information content (AvgIpc) is 3.18. The molecule has 0 bridgehead atoms. The minimum Gasteiger partial charge on any atom is -0.458 e. The molecular weight excluding hydrogens is 631 g/mol. The van der Waals surface area contributed by atoms with Gasteiger partial charge in [0.05, 0.1) is 10.4 Å². The van der Waals surface area contributed by atoms with Crippen LogP contribution in [0.1, 0.15) is 83.0 Å². The number of allylic oxidation sites excluding steroid dienone is 1. The number of benzene rings is 1. The molecule has 210 valence electrons. The first-order chi connectivity index (χ1) is 18.3. The van der Waals surface area contributed by atoms with Crippen LogP contribution in [-0.2, 0) is 23.9 Å². The maximum absolute atomic E-state index is 14.0. The molecule has 6 nitrogen and oxygen atoms in total. The summed E-state index contributed by atoms with van der Waals surface area (Å²) >= 11 is 9.86. The Bertz CT molecular complexity index is 1280. The number of ether oxygens (including phenoxy) is 2. The topological polar surface area (TPSA) is 86.7 Å². The van der Waals surface area contributed by atoms with Crippen LogP contribution >= 0.6 is 34.2 Å². The highest BCUT2D eigenvalue weighted by molar-refractivity contribution is 14.1. The molecule has 0 N–H and O–H groups in total. The van der Waals surface area contributed by atoms with Crippen molar-refractivity contribution in [3.05, 3.63) is 45.0 Å². The van der Waals surface area contributed by atoms with Crippen molar-refractivity contribution in [3.63, 3.8) is 0 Å². The van der Waals surface area contributed by atoms with E-state index in [1.165, 1.54) is 6.92 Å². The van der Waals surface area contributed by atoms with Gasteiger partial charge in [-0.1, -0.05) is 32.4 Å². The van der Waals surface area contributed by atoms with Crippen LogP contribution in [-0.4, -0.2) is 40.6 Å². The molecule has 4 aliphatic carbocycles. The average molecular weight is 667 g/mol. The van der Waals surface area contributed by atoms with Crippen LogP contribution in [0.15, 0.2) is 35.9 Å². The third-order valence-corrected chi connectivity index (χ3v) is 12.3. The Balaban J connectivity index is 1.55. The van der Waals surface area contributed by atoms with Gasteiger partial charge in [-0.2, -0.15) is 0 Å². The molecule has 7 atom stereocenters. The van der Waals surface area contributed by atoms with E-state index in [9.17, 15) is 19.2 Å². The third kappa shape index (κ3) is 4.32. The van der Waals surface area contributed by atoms with E-state index in [1.54, 1.807) is 18.2 Å². The summed E-state index contributed by atoms with van der Waals surface area (Å²) in [5.74, 6) is -0.982. The molecule has 0 aromatic heterocycles. The van der Waals surface area contributed by atoms with Crippen LogP contribution in [0.5, 0.6) is 0 Å². The van der Waals surface area contributed by atoms with Crippen molar-refractivity contribution in [1.29, 1.82) is 0 Å². The first kappa shape index (κ1) is 28.8. The Morgan fingerprint density at radius 2 is 1.85 bits per heavy atom. The lowest BCUT2D eigenvalue weighted by atomic mass is 9.44. The predicted molar refractivity (Wildman–Crippen MR) is 155 cm³/mol. The highest BCUT2D eigenvalue weighted by Crippen LogP contribution is 2.72. The summed E-state index contributed by atoms with van der Waals surface area (Å²) < 4.78 is 12.4. The number of carbonyl (C=O) groups excluding carboxylic acids is 4. The van der Waals surface area contributed by atoms with Gasteiger partial charge in [-0.3, -0.25) is 14.4 Å². The van der Waals surface area contributed by atoms with Gasteiger partial charge < -0.3 is 9.47 Å². The van der Waals surface area contributed by atoms with Gasteiger partial charge in [0.15, 0.2) is 18.0 Å². The number of halogens is 2. The Labute approximate surface area is 248 Å². The molecule has 0 unspecified atom stereocenters. The summed E-state index contributed by atoms with van der Waals surface area (Å²) in [7, 11) is 0.